The fourth-order valence-electron chi connectivity index (χ4n) is 3.14. The van der Waals surface area contributed by atoms with Gasteiger partial charge in [-0.25, -0.2) is 4.39 Å². The molecule has 21 heavy (non-hydrogen) atoms. The van der Waals surface area contributed by atoms with Crippen LogP contribution in [0.5, 0.6) is 0 Å². The van der Waals surface area contributed by atoms with E-state index in [2.05, 4.69) is 16.7 Å². The van der Waals surface area contributed by atoms with Gasteiger partial charge in [-0.1, -0.05) is 25.1 Å². The van der Waals surface area contributed by atoms with Gasteiger partial charge in [-0.05, 0) is 32.0 Å². The first kappa shape index (κ1) is 16.4. The minimum absolute atomic E-state index is 0.112. The van der Waals surface area contributed by atoms with Gasteiger partial charge in [-0.3, -0.25) is 9.80 Å². The summed E-state index contributed by atoms with van der Waals surface area (Å²) in [5, 5.41) is 0. The molecule has 0 aromatic heterocycles. The minimum Gasteiger partial charge on any atom is -0.383 e. The molecule has 1 atom stereocenters. The summed E-state index contributed by atoms with van der Waals surface area (Å²) in [6.45, 7) is 7.69. The quantitative estimate of drug-likeness (QED) is 0.733. The molecule has 0 amide bonds. The van der Waals surface area contributed by atoms with Gasteiger partial charge in [0.25, 0.3) is 0 Å². The van der Waals surface area contributed by atoms with Crippen LogP contribution in [0.15, 0.2) is 24.3 Å². The van der Waals surface area contributed by atoms with Crippen LogP contribution >= 0.6 is 0 Å². The van der Waals surface area contributed by atoms with Crippen molar-refractivity contribution in [2.75, 3.05) is 39.9 Å². The third kappa shape index (κ3) is 4.77. The number of halogens is 1. The third-order valence-electron chi connectivity index (χ3n) is 4.34. The summed E-state index contributed by atoms with van der Waals surface area (Å²) in [4.78, 5) is 4.85. The molecule has 0 spiro atoms. The molecule has 1 aromatic rings. The van der Waals surface area contributed by atoms with Gasteiger partial charge in [0.1, 0.15) is 5.82 Å². The van der Waals surface area contributed by atoms with Crippen LogP contribution in [0.25, 0.3) is 0 Å². The normalized spacial score (nSPS) is 19.5. The molecule has 0 radical (unpaired) electrons. The van der Waals surface area contributed by atoms with Crippen LogP contribution in [0.2, 0.25) is 0 Å². The molecule has 0 saturated carbocycles. The van der Waals surface area contributed by atoms with Crippen molar-refractivity contribution in [3.05, 3.63) is 35.6 Å². The smallest absolute Gasteiger partial charge is 0.127 e. The molecule has 1 heterocycles. The minimum atomic E-state index is -0.112. The van der Waals surface area contributed by atoms with Gasteiger partial charge in [-0.15, -0.1) is 0 Å². The first-order valence-corrected chi connectivity index (χ1v) is 7.93. The lowest BCUT2D eigenvalue weighted by molar-refractivity contribution is 0.118. The summed E-state index contributed by atoms with van der Waals surface area (Å²) in [7, 11) is 1.72. The number of likely N-dealkylation sites (N-methyl/N-ethyl adjacent to an activating group) is 1. The van der Waals surface area contributed by atoms with Gasteiger partial charge in [0.05, 0.1) is 6.61 Å². The van der Waals surface area contributed by atoms with E-state index >= 15 is 0 Å². The molecule has 1 aliphatic rings. The molecule has 1 fully saturated rings. The zero-order valence-electron chi connectivity index (χ0n) is 13.2. The van der Waals surface area contributed by atoms with E-state index in [9.17, 15) is 4.39 Å². The van der Waals surface area contributed by atoms with Crippen LogP contribution < -0.4 is 0 Å². The molecular formula is C17H27FN2O. The first-order chi connectivity index (χ1) is 10.2. The molecule has 0 bridgehead atoms. The van der Waals surface area contributed by atoms with Crippen molar-refractivity contribution in [3.8, 4) is 0 Å². The average molecular weight is 294 g/mol. The van der Waals surface area contributed by atoms with E-state index in [0.717, 1.165) is 25.2 Å². The monoisotopic (exact) mass is 294 g/mol. The van der Waals surface area contributed by atoms with E-state index in [1.807, 2.05) is 12.1 Å². The van der Waals surface area contributed by atoms with Gasteiger partial charge >= 0.3 is 0 Å². The van der Waals surface area contributed by atoms with Gasteiger partial charge in [0, 0.05) is 38.3 Å². The summed E-state index contributed by atoms with van der Waals surface area (Å²) in [6, 6.07) is 7.66. The Bertz CT molecular complexity index is 427. The molecule has 1 saturated heterocycles. The zero-order valence-corrected chi connectivity index (χ0v) is 13.2. The Kier molecular flexibility index (Phi) is 6.61. The highest BCUT2D eigenvalue weighted by atomic mass is 19.1. The first-order valence-electron chi connectivity index (χ1n) is 7.93. The van der Waals surface area contributed by atoms with Crippen LogP contribution in [0.1, 0.15) is 25.3 Å². The second-order valence-corrected chi connectivity index (χ2v) is 5.74. The Morgan fingerprint density at radius 1 is 1.38 bits per heavy atom. The van der Waals surface area contributed by atoms with E-state index in [-0.39, 0.29) is 5.82 Å². The number of methoxy groups -OCH3 is 1. The Labute approximate surface area is 127 Å². The number of likely N-dealkylation sites (tertiary alicyclic amines) is 1. The Balaban J connectivity index is 1.98. The van der Waals surface area contributed by atoms with E-state index in [4.69, 9.17) is 4.74 Å². The second-order valence-electron chi connectivity index (χ2n) is 5.74. The fourth-order valence-corrected chi connectivity index (χ4v) is 3.14. The summed E-state index contributed by atoms with van der Waals surface area (Å²) in [5.74, 6) is -0.112. The highest BCUT2D eigenvalue weighted by molar-refractivity contribution is 5.17. The summed E-state index contributed by atoms with van der Waals surface area (Å²) >= 11 is 0. The molecule has 0 N–H and O–H groups in total. The maximum absolute atomic E-state index is 13.9. The highest BCUT2D eigenvalue weighted by Crippen LogP contribution is 2.19. The zero-order chi connectivity index (χ0) is 15.1. The second kappa shape index (κ2) is 8.47. The van der Waals surface area contributed by atoms with E-state index in [1.54, 1.807) is 13.2 Å². The van der Waals surface area contributed by atoms with Gasteiger partial charge in [-0.2, -0.15) is 0 Å². The number of rotatable bonds is 8. The molecular weight excluding hydrogens is 267 g/mol. The lowest BCUT2D eigenvalue weighted by Crippen LogP contribution is -2.41. The van der Waals surface area contributed by atoms with Gasteiger partial charge in [0.15, 0.2) is 0 Å². The largest absolute Gasteiger partial charge is 0.383 e. The predicted molar refractivity (Wildman–Crippen MR) is 83.8 cm³/mol. The Morgan fingerprint density at radius 3 is 2.90 bits per heavy atom. The van der Waals surface area contributed by atoms with Crippen LogP contribution in [0.3, 0.4) is 0 Å². The molecule has 2 rings (SSSR count). The van der Waals surface area contributed by atoms with Crippen LogP contribution in [0.4, 0.5) is 4.39 Å². The molecule has 4 heteroatoms. The number of benzene rings is 1. The number of ether oxygens (including phenoxy) is 1. The van der Waals surface area contributed by atoms with E-state index in [1.165, 1.54) is 25.5 Å². The molecule has 1 unspecified atom stereocenters. The predicted octanol–water partition coefficient (Wildman–Crippen LogP) is 2.76. The van der Waals surface area contributed by atoms with E-state index in [0.29, 0.717) is 19.2 Å². The van der Waals surface area contributed by atoms with Crippen molar-refractivity contribution in [2.45, 2.75) is 32.4 Å². The van der Waals surface area contributed by atoms with Crippen molar-refractivity contribution >= 4 is 0 Å². The Hall–Kier alpha value is -0.970. The standard InChI is InChI=1S/C17H27FN2O/c1-3-20-10-6-8-16(20)14-19(11-12-21-2)13-15-7-4-5-9-17(15)18/h4-5,7,9,16H,3,6,8,10-14H2,1-2H3. The summed E-state index contributed by atoms with van der Waals surface area (Å²) in [5.41, 5.74) is 0.773. The van der Waals surface area contributed by atoms with Crippen LogP contribution in [0, 0.1) is 5.82 Å². The maximum Gasteiger partial charge on any atom is 0.127 e. The third-order valence-corrected chi connectivity index (χ3v) is 4.34. The van der Waals surface area contributed by atoms with Crippen molar-refractivity contribution in [1.82, 2.24) is 9.80 Å². The maximum atomic E-state index is 13.9. The summed E-state index contributed by atoms with van der Waals surface area (Å²) < 4.78 is 19.1. The molecule has 1 aromatic carbocycles. The van der Waals surface area contributed by atoms with Gasteiger partial charge < -0.3 is 4.74 Å². The topological polar surface area (TPSA) is 15.7 Å². The SMILES string of the molecule is CCN1CCCC1CN(CCOC)Cc1ccccc1F. The van der Waals surface area contributed by atoms with E-state index < -0.39 is 0 Å². The van der Waals surface area contributed by atoms with Gasteiger partial charge in [0.2, 0.25) is 0 Å². The number of hydrogen-bond donors (Lipinski definition) is 0. The molecule has 1 aliphatic heterocycles. The molecule has 3 nitrogen and oxygen atoms in total. The number of nitrogens with zero attached hydrogens (tertiary/aromatic N) is 2. The fraction of sp³-hybridized carbons (Fsp3) is 0.647. The van der Waals surface area contributed by atoms with Crippen molar-refractivity contribution < 1.29 is 9.13 Å². The lowest BCUT2D eigenvalue weighted by atomic mass is 10.1. The highest BCUT2D eigenvalue weighted by Gasteiger charge is 2.25. The number of hydrogen-bond acceptors (Lipinski definition) is 3. The lowest BCUT2D eigenvalue weighted by Gasteiger charge is -2.30. The van der Waals surface area contributed by atoms with Crippen molar-refractivity contribution in [2.24, 2.45) is 0 Å². The Morgan fingerprint density at radius 2 is 2.19 bits per heavy atom. The van der Waals surface area contributed by atoms with Crippen LogP contribution in [-0.2, 0) is 11.3 Å². The van der Waals surface area contributed by atoms with Crippen molar-refractivity contribution in [1.29, 1.82) is 0 Å². The molecule has 118 valence electrons. The van der Waals surface area contributed by atoms with Crippen LogP contribution in [-0.4, -0.2) is 55.7 Å². The average Bonchev–Trinajstić information content (AvgIpc) is 2.94. The summed E-state index contributed by atoms with van der Waals surface area (Å²) in [6.07, 6.45) is 2.52. The molecule has 0 aliphatic carbocycles. The van der Waals surface area contributed by atoms with Crippen molar-refractivity contribution in [3.63, 3.8) is 0 Å².